The third-order valence-corrected chi connectivity index (χ3v) is 6.33. The van der Waals surface area contributed by atoms with Gasteiger partial charge in [-0.2, -0.15) is 0 Å². The van der Waals surface area contributed by atoms with Crippen LogP contribution in [-0.2, 0) is 16.1 Å². The highest BCUT2D eigenvalue weighted by atomic mass is 32.1. The number of pyridine rings is 1. The van der Waals surface area contributed by atoms with Gasteiger partial charge in [-0.1, -0.05) is 30.3 Å². The number of fused-ring (bicyclic) bond motifs is 3. The van der Waals surface area contributed by atoms with E-state index in [1.165, 1.54) is 18.4 Å². The zero-order valence-corrected chi connectivity index (χ0v) is 21.5. The predicted octanol–water partition coefficient (Wildman–Crippen LogP) is 5.75. The molecule has 0 saturated heterocycles. The van der Waals surface area contributed by atoms with Gasteiger partial charge in [-0.3, -0.25) is 0 Å². The molecule has 0 fully saturated rings. The van der Waals surface area contributed by atoms with Crippen molar-refractivity contribution in [3.63, 3.8) is 0 Å². The molecule has 4 aromatic rings. The molecule has 0 aliphatic carbocycles. The zero-order chi connectivity index (χ0) is 25.7. The summed E-state index contributed by atoms with van der Waals surface area (Å²) in [7, 11) is 1.36. The number of esters is 1. The number of rotatable bonds is 8. The van der Waals surface area contributed by atoms with Crippen LogP contribution in [-0.4, -0.2) is 42.8 Å². The molecule has 36 heavy (non-hydrogen) atoms. The number of nitrogens with one attached hydrogen (secondary N) is 2. The Kier molecular flexibility index (Phi) is 7.59. The first-order valence-electron chi connectivity index (χ1n) is 11.6. The maximum atomic E-state index is 12.5. The standard InChI is InChI=1S/C27H29N3O5S/c1-27(2,3)35-26(32)29-15-14-28-23-22-18-10-13-21(34-16-17-8-6-5-7-9-17)30-19(18)11-12-20(22)36-24(23)25(31)33-4/h5-13,28H,14-16H2,1-4H3,(H,29,32). The molecule has 2 aromatic carbocycles. The van der Waals surface area contributed by atoms with Gasteiger partial charge in [0, 0.05) is 34.6 Å². The molecule has 0 saturated carbocycles. The van der Waals surface area contributed by atoms with Gasteiger partial charge in [0.1, 0.15) is 17.1 Å². The third kappa shape index (κ3) is 6.04. The average molecular weight is 508 g/mol. The van der Waals surface area contributed by atoms with Gasteiger partial charge < -0.3 is 24.8 Å². The molecule has 8 nitrogen and oxygen atoms in total. The number of ether oxygens (including phenoxy) is 3. The van der Waals surface area contributed by atoms with Crippen LogP contribution in [0.5, 0.6) is 5.88 Å². The second-order valence-electron chi connectivity index (χ2n) is 9.08. The van der Waals surface area contributed by atoms with Crippen molar-refractivity contribution in [3.05, 3.63) is 65.0 Å². The van der Waals surface area contributed by atoms with Crippen molar-refractivity contribution in [2.45, 2.75) is 33.0 Å². The summed E-state index contributed by atoms with van der Waals surface area (Å²) in [6, 6.07) is 17.5. The minimum atomic E-state index is -0.575. The lowest BCUT2D eigenvalue weighted by Crippen LogP contribution is -2.35. The number of aromatic nitrogens is 1. The Bertz CT molecular complexity index is 1380. The van der Waals surface area contributed by atoms with Gasteiger partial charge in [-0.15, -0.1) is 11.3 Å². The molecule has 0 spiro atoms. The summed E-state index contributed by atoms with van der Waals surface area (Å²) in [5, 5.41) is 7.78. The zero-order valence-electron chi connectivity index (χ0n) is 20.7. The maximum absolute atomic E-state index is 12.5. The van der Waals surface area contributed by atoms with Crippen LogP contribution in [0.2, 0.25) is 0 Å². The molecule has 0 atom stereocenters. The quantitative estimate of drug-likeness (QED) is 0.231. The molecule has 188 valence electrons. The number of nitrogens with zero attached hydrogens (tertiary/aromatic N) is 1. The highest BCUT2D eigenvalue weighted by Gasteiger charge is 2.21. The molecular formula is C27H29N3O5S. The van der Waals surface area contributed by atoms with Crippen LogP contribution in [0.15, 0.2) is 54.6 Å². The van der Waals surface area contributed by atoms with E-state index < -0.39 is 17.7 Å². The molecule has 2 N–H and O–H groups in total. The van der Waals surface area contributed by atoms with Crippen LogP contribution >= 0.6 is 11.3 Å². The van der Waals surface area contributed by atoms with Crippen molar-refractivity contribution in [3.8, 4) is 5.88 Å². The molecule has 0 bridgehead atoms. The third-order valence-electron chi connectivity index (χ3n) is 5.19. The summed E-state index contributed by atoms with van der Waals surface area (Å²) >= 11 is 1.35. The lowest BCUT2D eigenvalue weighted by molar-refractivity contribution is 0.0528. The van der Waals surface area contributed by atoms with Crippen molar-refractivity contribution in [2.24, 2.45) is 0 Å². The number of amides is 1. The molecular weight excluding hydrogens is 478 g/mol. The molecule has 2 aromatic heterocycles. The fourth-order valence-electron chi connectivity index (χ4n) is 3.67. The number of carbonyl (C=O) groups is 2. The van der Waals surface area contributed by atoms with Gasteiger partial charge in [0.05, 0.1) is 18.3 Å². The maximum Gasteiger partial charge on any atom is 0.407 e. The van der Waals surface area contributed by atoms with E-state index >= 15 is 0 Å². The van der Waals surface area contributed by atoms with Crippen LogP contribution in [0.4, 0.5) is 10.5 Å². The lowest BCUT2D eigenvalue weighted by atomic mass is 10.1. The highest BCUT2D eigenvalue weighted by molar-refractivity contribution is 7.21. The van der Waals surface area contributed by atoms with Crippen molar-refractivity contribution in [1.29, 1.82) is 0 Å². The number of alkyl carbamates (subject to hydrolysis) is 1. The van der Waals surface area contributed by atoms with Crippen LogP contribution < -0.4 is 15.4 Å². The number of methoxy groups -OCH3 is 1. The minimum absolute atomic E-state index is 0.313. The minimum Gasteiger partial charge on any atom is -0.473 e. The van der Waals surface area contributed by atoms with E-state index in [-0.39, 0.29) is 0 Å². The van der Waals surface area contributed by atoms with Crippen molar-refractivity contribution >= 4 is 50.1 Å². The van der Waals surface area contributed by atoms with E-state index in [0.29, 0.717) is 36.1 Å². The Morgan fingerprint density at radius 1 is 1.00 bits per heavy atom. The van der Waals surface area contributed by atoms with Gasteiger partial charge in [0.15, 0.2) is 0 Å². The van der Waals surface area contributed by atoms with Gasteiger partial charge in [0.2, 0.25) is 5.88 Å². The van der Waals surface area contributed by atoms with E-state index in [1.807, 2.05) is 75.4 Å². The summed E-state index contributed by atoms with van der Waals surface area (Å²) < 4.78 is 17.1. The largest absolute Gasteiger partial charge is 0.473 e. The normalized spacial score (nSPS) is 11.3. The van der Waals surface area contributed by atoms with Crippen LogP contribution in [0.3, 0.4) is 0 Å². The SMILES string of the molecule is COC(=O)c1sc2ccc3nc(OCc4ccccc4)ccc3c2c1NCCNC(=O)OC(C)(C)C. The molecule has 2 heterocycles. The summed E-state index contributed by atoms with van der Waals surface area (Å²) in [6.07, 6.45) is -0.495. The Balaban J connectivity index is 1.58. The number of benzene rings is 2. The second-order valence-corrected chi connectivity index (χ2v) is 10.1. The van der Waals surface area contributed by atoms with Crippen molar-refractivity contribution < 1.29 is 23.8 Å². The molecule has 0 aliphatic rings. The van der Waals surface area contributed by atoms with Gasteiger partial charge in [-0.05, 0) is 44.5 Å². The number of carbonyl (C=O) groups excluding carboxylic acids is 2. The Morgan fingerprint density at radius 2 is 1.78 bits per heavy atom. The Labute approximate surface area is 213 Å². The van der Waals surface area contributed by atoms with Crippen molar-refractivity contribution in [2.75, 3.05) is 25.5 Å². The molecule has 4 rings (SSSR count). The van der Waals surface area contributed by atoms with Gasteiger partial charge >= 0.3 is 12.1 Å². The number of thiophene rings is 1. The number of anilines is 1. The summed E-state index contributed by atoms with van der Waals surface area (Å²) in [6.45, 7) is 6.54. The van der Waals surface area contributed by atoms with Crippen LogP contribution in [0.1, 0.15) is 36.0 Å². The first-order valence-corrected chi connectivity index (χ1v) is 12.4. The van der Waals surface area contributed by atoms with E-state index in [2.05, 4.69) is 15.6 Å². The first-order chi connectivity index (χ1) is 17.2. The smallest absolute Gasteiger partial charge is 0.407 e. The first kappa shape index (κ1) is 25.2. The number of hydrogen-bond acceptors (Lipinski definition) is 8. The summed E-state index contributed by atoms with van der Waals surface area (Å²) in [5.41, 5.74) is 1.88. The molecule has 0 aliphatic heterocycles. The molecule has 1 amide bonds. The monoisotopic (exact) mass is 507 g/mol. The molecule has 0 radical (unpaired) electrons. The summed E-state index contributed by atoms with van der Waals surface area (Å²) in [4.78, 5) is 29.6. The Morgan fingerprint density at radius 3 is 2.50 bits per heavy atom. The topological polar surface area (TPSA) is 98.8 Å². The number of hydrogen-bond donors (Lipinski definition) is 2. The van der Waals surface area contributed by atoms with Gasteiger partial charge in [0.25, 0.3) is 0 Å². The predicted molar refractivity (Wildman–Crippen MR) is 142 cm³/mol. The summed E-state index contributed by atoms with van der Waals surface area (Å²) in [5.74, 6) is 0.0907. The average Bonchev–Trinajstić information content (AvgIpc) is 3.23. The molecule has 9 heteroatoms. The van der Waals surface area contributed by atoms with Gasteiger partial charge in [-0.25, -0.2) is 14.6 Å². The second kappa shape index (κ2) is 10.8. The van der Waals surface area contributed by atoms with E-state index in [9.17, 15) is 9.59 Å². The lowest BCUT2D eigenvalue weighted by Gasteiger charge is -2.19. The Hall–Kier alpha value is -3.85. The van der Waals surface area contributed by atoms with Crippen molar-refractivity contribution in [1.82, 2.24) is 10.3 Å². The van der Waals surface area contributed by atoms with Crippen LogP contribution in [0, 0.1) is 0 Å². The molecule has 0 unspecified atom stereocenters. The van der Waals surface area contributed by atoms with E-state index in [4.69, 9.17) is 14.2 Å². The highest BCUT2D eigenvalue weighted by Crippen LogP contribution is 2.40. The fourth-order valence-corrected chi connectivity index (χ4v) is 4.78. The fraction of sp³-hybridized carbons (Fsp3) is 0.296. The van der Waals surface area contributed by atoms with E-state index in [1.54, 1.807) is 0 Å². The van der Waals surface area contributed by atoms with Crippen LogP contribution in [0.25, 0.3) is 21.0 Å². The van der Waals surface area contributed by atoms with E-state index in [0.717, 1.165) is 26.6 Å².